The fraction of sp³-hybridized carbons (Fsp3) is 0.250. The van der Waals surface area contributed by atoms with Gasteiger partial charge in [0.15, 0.2) is 0 Å². The third-order valence-corrected chi connectivity index (χ3v) is 3.45. The first-order valence-corrected chi connectivity index (χ1v) is 6.20. The molecule has 1 aromatic heterocycles. The molecule has 0 spiro atoms. The molecule has 2 nitrogen and oxygen atoms in total. The van der Waals surface area contributed by atoms with Crippen LogP contribution in [0.5, 0.6) is 0 Å². The molecule has 0 amide bonds. The molecule has 1 N–H and O–H groups in total. The summed E-state index contributed by atoms with van der Waals surface area (Å²) >= 11 is 1.11. The van der Waals surface area contributed by atoms with Crippen molar-refractivity contribution in [3.8, 4) is 10.6 Å². The van der Waals surface area contributed by atoms with Gasteiger partial charge in [0.2, 0.25) is 0 Å². The predicted octanol–water partition coefficient (Wildman–Crippen LogP) is 3.69. The van der Waals surface area contributed by atoms with E-state index in [2.05, 4.69) is 10.3 Å². The average Bonchev–Trinajstić information content (AvgIpc) is 2.76. The van der Waals surface area contributed by atoms with E-state index in [4.69, 9.17) is 0 Å². The maximum Gasteiger partial charge on any atom is 0.417 e. The Labute approximate surface area is 111 Å². The highest BCUT2D eigenvalue weighted by molar-refractivity contribution is 7.15. The zero-order chi connectivity index (χ0) is 14.0. The van der Waals surface area contributed by atoms with Gasteiger partial charge >= 0.3 is 6.18 Å². The third-order valence-electron chi connectivity index (χ3n) is 2.42. The molecule has 0 atom stereocenters. The molecular formula is C12H10F4N2S. The lowest BCUT2D eigenvalue weighted by Crippen LogP contribution is -2.07. The topological polar surface area (TPSA) is 24.9 Å². The van der Waals surface area contributed by atoms with Crippen LogP contribution in [0.2, 0.25) is 0 Å². The van der Waals surface area contributed by atoms with E-state index in [1.807, 2.05) is 0 Å². The molecule has 0 bridgehead atoms. The second kappa shape index (κ2) is 5.26. The van der Waals surface area contributed by atoms with Crippen molar-refractivity contribution in [1.82, 2.24) is 10.3 Å². The van der Waals surface area contributed by atoms with Crippen molar-refractivity contribution >= 4 is 11.3 Å². The Hall–Kier alpha value is -1.47. The molecule has 1 heterocycles. The first-order valence-electron chi connectivity index (χ1n) is 5.38. The lowest BCUT2D eigenvalue weighted by Gasteiger charge is -2.10. The summed E-state index contributed by atoms with van der Waals surface area (Å²) in [6, 6.07) is 2.41. The molecule has 2 aromatic rings. The zero-order valence-corrected chi connectivity index (χ0v) is 10.7. The van der Waals surface area contributed by atoms with E-state index >= 15 is 0 Å². The normalized spacial score (nSPS) is 11.8. The van der Waals surface area contributed by atoms with Crippen molar-refractivity contribution in [3.05, 3.63) is 40.7 Å². The van der Waals surface area contributed by atoms with Crippen molar-refractivity contribution in [3.63, 3.8) is 0 Å². The summed E-state index contributed by atoms with van der Waals surface area (Å²) in [5.41, 5.74) is -1.10. The smallest absolute Gasteiger partial charge is 0.315 e. The minimum Gasteiger partial charge on any atom is -0.315 e. The van der Waals surface area contributed by atoms with Crippen molar-refractivity contribution in [2.75, 3.05) is 7.05 Å². The molecule has 7 heteroatoms. The Morgan fingerprint density at radius 2 is 2.05 bits per heavy atom. The van der Waals surface area contributed by atoms with Crippen LogP contribution in [0.25, 0.3) is 10.6 Å². The standard InChI is InChI=1S/C12H10F4N2S/c1-17-5-8-6-18-11(19-8)9-4-7(13)2-3-10(9)12(14,15)16/h2-4,6,17H,5H2,1H3. The molecule has 1 aromatic carbocycles. The minimum absolute atomic E-state index is 0.164. The Bertz CT molecular complexity index is 577. The average molecular weight is 290 g/mol. The molecule has 0 saturated heterocycles. The van der Waals surface area contributed by atoms with E-state index in [1.54, 1.807) is 7.05 Å². The molecule has 0 fully saturated rings. The number of alkyl halides is 3. The summed E-state index contributed by atoms with van der Waals surface area (Å²) in [6.45, 7) is 0.508. The van der Waals surface area contributed by atoms with Crippen LogP contribution in [0.1, 0.15) is 10.4 Å². The summed E-state index contributed by atoms with van der Waals surface area (Å²) in [6.07, 6.45) is -3.04. The number of benzene rings is 1. The first-order chi connectivity index (χ1) is 8.91. The molecule has 102 valence electrons. The molecule has 0 aliphatic rings. The highest BCUT2D eigenvalue weighted by Crippen LogP contribution is 2.38. The summed E-state index contributed by atoms with van der Waals surface area (Å²) < 4.78 is 51.8. The highest BCUT2D eigenvalue weighted by Gasteiger charge is 2.34. The molecule has 0 unspecified atom stereocenters. The largest absolute Gasteiger partial charge is 0.417 e. The van der Waals surface area contributed by atoms with E-state index in [0.29, 0.717) is 6.54 Å². The van der Waals surface area contributed by atoms with Gasteiger partial charge in [-0.1, -0.05) is 0 Å². The molecular weight excluding hydrogens is 280 g/mol. The summed E-state index contributed by atoms with van der Waals surface area (Å²) in [5.74, 6) is -0.714. The number of hydrogen-bond acceptors (Lipinski definition) is 3. The van der Waals surface area contributed by atoms with Crippen LogP contribution in [-0.4, -0.2) is 12.0 Å². The van der Waals surface area contributed by atoms with Gasteiger partial charge in [-0.15, -0.1) is 11.3 Å². The Morgan fingerprint density at radius 3 is 2.68 bits per heavy atom. The van der Waals surface area contributed by atoms with Gasteiger partial charge < -0.3 is 5.32 Å². The first kappa shape index (κ1) is 14.0. The van der Waals surface area contributed by atoms with Crippen molar-refractivity contribution in [2.24, 2.45) is 0 Å². The number of nitrogens with zero attached hydrogens (tertiary/aromatic N) is 1. The van der Waals surface area contributed by atoms with Crippen molar-refractivity contribution < 1.29 is 17.6 Å². The van der Waals surface area contributed by atoms with Crippen LogP contribution in [-0.2, 0) is 12.7 Å². The van der Waals surface area contributed by atoms with Crippen LogP contribution in [0.15, 0.2) is 24.4 Å². The van der Waals surface area contributed by atoms with Gasteiger partial charge in [-0.3, -0.25) is 0 Å². The van der Waals surface area contributed by atoms with Crippen LogP contribution in [0.3, 0.4) is 0 Å². The van der Waals surface area contributed by atoms with Gasteiger partial charge in [-0.25, -0.2) is 9.37 Å². The monoisotopic (exact) mass is 290 g/mol. The van der Waals surface area contributed by atoms with E-state index in [9.17, 15) is 17.6 Å². The van der Waals surface area contributed by atoms with E-state index < -0.39 is 17.6 Å². The van der Waals surface area contributed by atoms with Crippen molar-refractivity contribution in [1.29, 1.82) is 0 Å². The van der Waals surface area contributed by atoms with Gasteiger partial charge in [0, 0.05) is 23.2 Å². The summed E-state index contributed by atoms with van der Waals surface area (Å²) in [7, 11) is 1.72. The molecule has 0 aliphatic carbocycles. The minimum atomic E-state index is -4.53. The zero-order valence-electron chi connectivity index (χ0n) is 9.88. The number of aromatic nitrogens is 1. The fourth-order valence-electron chi connectivity index (χ4n) is 1.63. The van der Waals surface area contributed by atoms with Gasteiger partial charge in [0.05, 0.1) is 5.56 Å². The van der Waals surface area contributed by atoms with E-state index in [0.717, 1.165) is 34.4 Å². The number of halogens is 4. The number of nitrogens with one attached hydrogen (secondary N) is 1. The number of hydrogen-bond donors (Lipinski definition) is 1. The van der Waals surface area contributed by atoms with Crippen LogP contribution in [0, 0.1) is 5.82 Å². The Balaban J connectivity index is 2.50. The number of thiazole rings is 1. The second-order valence-corrected chi connectivity index (χ2v) is 4.96. The quantitative estimate of drug-likeness (QED) is 0.872. The third kappa shape index (κ3) is 3.10. The summed E-state index contributed by atoms with van der Waals surface area (Å²) in [4.78, 5) is 4.72. The summed E-state index contributed by atoms with van der Waals surface area (Å²) in [5, 5.41) is 3.04. The van der Waals surface area contributed by atoms with E-state index in [-0.39, 0.29) is 10.6 Å². The number of rotatable bonds is 3. The Morgan fingerprint density at radius 1 is 1.32 bits per heavy atom. The van der Waals surface area contributed by atoms with Crippen LogP contribution >= 0.6 is 11.3 Å². The van der Waals surface area contributed by atoms with Crippen LogP contribution < -0.4 is 5.32 Å². The SMILES string of the molecule is CNCc1cnc(-c2cc(F)ccc2C(F)(F)F)s1. The predicted molar refractivity (Wildman–Crippen MR) is 65.3 cm³/mol. The van der Waals surface area contributed by atoms with Gasteiger partial charge in [0.1, 0.15) is 10.8 Å². The van der Waals surface area contributed by atoms with Gasteiger partial charge in [-0.05, 0) is 25.2 Å². The molecule has 0 saturated carbocycles. The highest BCUT2D eigenvalue weighted by atomic mass is 32.1. The van der Waals surface area contributed by atoms with Gasteiger partial charge in [0.25, 0.3) is 0 Å². The molecule has 0 aliphatic heterocycles. The van der Waals surface area contributed by atoms with Crippen molar-refractivity contribution in [2.45, 2.75) is 12.7 Å². The lowest BCUT2D eigenvalue weighted by molar-refractivity contribution is -0.137. The molecule has 2 rings (SSSR count). The maximum atomic E-state index is 13.2. The van der Waals surface area contributed by atoms with Gasteiger partial charge in [-0.2, -0.15) is 13.2 Å². The second-order valence-electron chi connectivity index (χ2n) is 3.85. The van der Waals surface area contributed by atoms with Crippen LogP contribution in [0.4, 0.5) is 17.6 Å². The molecule has 19 heavy (non-hydrogen) atoms. The fourth-order valence-corrected chi connectivity index (χ4v) is 2.58. The Kier molecular flexibility index (Phi) is 3.86. The van der Waals surface area contributed by atoms with E-state index in [1.165, 1.54) is 6.20 Å². The maximum absolute atomic E-state index is 13.2. The lowest BCUT2D eigenvalue weighted by atomic mass is 10.1. The molecule has 0 radical (unpaired) electrons.